The highest BCUT2D eigenvalue weighted by Gasteiger charge is 1.98. The van der Waals surface area contributed by atoms with E-state index in [4.69, 9.17) is 4.74 Å². The zero-order valence-electron chi connectivity index (χ0n) is 10.9. The van der Waals surface area contributed by atoms with Crippen molar-refractivity contribution in [2.45, 2.75) is 26.8 Å². The molecule has 0 bridgehead atoms. The van der Waals surface area contributed by atoms with Crippen LogP contribution < -0.4 is 10.1 Å². The molecule has 0 spiro atoms. The predicted octanol–water partition coefficient (Wildman–Crippen LogP) is 4.46. The van der Waals surface area contributed by atoms with Gasteiger partial charge >= 0.3 is 0 Å². The molecule has 0 aliphatic heterocycles. The van der Waals surface area contributed by atoms with Crippen LogP contribution in [-0.4, -0.2) is 6.61 Å². The number of hydrogen-bond acceptors (Lipinski definition) is 3. The smallest absolute Gasteiger partial charge is 0.119 e. The van der Waals surface area contributed by atoms with Crippen molar-refractivity contribution >= 4 is 17.0 Å². The molecule has 0 amide bonds. The van der Waals surface area contributed by atoms with Gasteiger partial charge in [-0.05, 0) is 49.7 Å². The largest absolute Gasteiger partial charge is 0.494 e. The van der Waals surface area contributed by atoms with E-state index in [1.54, 1.807) is 0 Å². The first-order valence-electron chi connectivity index (χ1n) is 6.30. The van der Waals surface area contributed by atoms with Crippen LogP contribution in [0.15, 0.2) is 36.4 Å². The topological polar surface area (TPSA) is 21.3 Å². The number of nitrogens with one attached hydrogen (secondary N) is 1. The van der Waals surface area contributed by atoms with Crippen molar-refractivity contribution in [3.05, 3.63) is 46.2 Å². The molecule has 1 heterocycles. The first-order valence-corrected chi connectivity index (χ1v) is 7.11. The summed E-state index contributed by atoms with van der Waals surface area (Å²) in [6.07, 6.45) is 1.04. The van der Waals surface area contributed by atoms with Crippen molar-refractivity contribution in [1.29, 1.82) is 0 Å². The SMILES string of the molecule is CCCOc1ccc(NCc2ccc(C)s2)cc1. The van der Waals surface area contributed by atoms with Gasteiger partial charge in [-0.15, -0.1) is 11.3 Å². The molecule has 0 aliphatic rings. The average Bonchev–Trinajstić information content (AvgIpc) is 2.81. The molecule has 1 aromatic heterocycles. The Morgan fingerprint density at radius 1 is 1.11 bits per heavy atom. The van der Waals surface area contributed by atoms with Gasteiger partial charge in [0.25, 0.3) is 0 Å². The van der Waals surface area contributed by atoms with Crippen LogP contribution in [0.3, 0.4) is 0 Å². The highest BCUT2D eigenvalue weighted by molar-refractivity contribution is 7.11. The monoisotopic (exact) mass is 261 g/mol. The van der Waals surface area contributed by atoms with Gasteiger partial charge in [0, 0.05) is 22.0 Å². The van der Waals surface area contributed by atoms with E-state index in [1.165, 1.54) is 9.75 Å². The van der Waals surface area contributed by atoms with Crippen molar-refractivity contribution in [3.63, 3.8) is 0 Å². The molecule has 3 heteroatoms. The molecule has 2 aromatic rings. The van der Waals surface area contributed by atoms with Crippen LogP contribution >= 0.6 is 11.3 Å². The second-order valence-corrected chi connectivity index (χ2v) is 5.61. The van der Waals surface area contributed by atoms with Gasteiger partial charge < -0.3 is 10.1 Å². The molecule has 1 N–H and O–H groups in total. The quantitative estimate of drug-likeness (QED) is 0.829. The Bertz CT molecular complexity index is 475. The van der Waals surface area contributed by atoms with Crippen LogP contribution in [0.2, 0.25) is 0 Å². The third kappa shape index (κ3) is 3.77. The average molecular weight is 261 g/mol. The summed E-state index contributed by atoms with van der Waals surface area (Å²) < 4.78 is 5.55. The Kier molecular flexibility index (Phi) is 4.65. The molecule has 0 saturated carbocycles. The van der Waals surface area contributed by atoms with Gasteiger partial charge in [-0.3, -0.25) is 0 Å². The van der Waals surface area contributed by atoms with Crippen LogP contribution in [-0.2, 0) is 6.54 Å². The minimum Gasteiger partial charge on any atom is -0.494 e. The predicted molar refractivity (Wildman–Crippen MR) is 78.6 cm³/mol. The van der Waals surface area contributed by atoms with E-state index in [0.717, 1.165) is 31.0 Å². The lowest BCUT2D eigenvalue weighted by molar-refractivity contribution is 0.317. The van der Waals surface area contributed by atoms with Crippen LogP contribution in [0.1, 0.15) is 23.1 Å². The minimum atomic E-state index is 0.779. The Morgan fingerprint density at radius 3 is 2.50 bits per heavy atom. The number of ether oxygens (including phenoxy) is 1. The lowest BCUT2D eigenvalue weighted by atomic mass is 10.3. The number of benzene rings is 1. The number of rotatable bonds is 6. The fraction of sp³-hybridized carbons (Fsp3) is 0.333. The molecule has 0 unspecified atom stereocenters. The molecule has 0 aliphatic carbocycles. The molecule has 0 fully saturated rings. The zero-order valence-corrected chi connectivity index (χ0v) is 11.7. The summed E-state index contributed by atoms with van der Waals surface area (Å²) in [5.74, 6) is 0.939. The lowest BCUT2D eigenvalue weighted by Gasteiger charge is -2.07. The van der Waals surface area contributed by atoms with Crippen molar-refractivity contribution in [3.8, 4) is 5.75 Å². The van der Waals surface area contributed by atoms with Crippen molar-refractivity contribution in [1.82, 2.24) is 0 Å². The Balaban J connectivity index is 1.86. The van der Waals surface area contributed by atoms with E-state index in [2.05, 4.69) is 43.4 Å². The molecule has 2 rings (SSSR count). The molecule has 0 saturated heterocycles. The molecule has 0 atom stereocenters. The maximum atomic E-state index is 5.55. The van der Waals surface area contributed by atoms with Crippen molar-refractivity contribution < 1.29 is 4.74 Å². The Hall–Kier alpha value is -1.48. The summed E-state index contributed by atoms with van der Waals surface area (Å²) in [7, 11) is 0. The number of thiophene rings is 1. The number of aryl methyl sites for hydroxylation is 1. The highest BCUT2D eigenvalue weighted by atomic mass is 32.1. The summed E-state index contributed by atoms with van der Waals surface area (Å²) >= 11 is 1.83. The second-order valence-electron chi connectivity index (χ2n) is 4.24. The summed E-state index contributed by atoms with van der Waals surface area (Å²) in [4.78, 5) is 2.72. The van der Waals surface area contributed by atoms with Gasteiger partial charge in [-0.1, -0.05) is 6.92 Å². The molecule has 1 aromatic carbocycles. The number of hydrogen-bond donors (Lipinski definition) is 1. The lowest BCUT2D eigenvalue weighted by Crippen LogP contribution is -1.98. The second kappa shape index (κ2) is 6.45. The van der Waals surface area contributed by atoms with Gasteiger partial charge in [0.1, 0.15) is 5.75 Å². The summed E-state index contributed by atoms with van der Waals surface area (Å²) in [6, 6.07) is 12.5. The van der Waals surface area contributed by atoms with Gasteiger partial charge in [0.05, 0.1) is 6.61 Å². The first-order chi connectivity index (χ1) is 8.78. The third-order valence-electron chi connectivity index (χ3n) is 2.59. The highest BCUT2D eigenvalue weighted by Crippen LogP contribution is 2.19. The Morgan fingerprint density at radius 2 is 1.89 bits per heavy atom. The van der Waals surface area contributed by atoms with Crippen LogP contribution in [0.25, 0.3) is 0 Å². The van der Waals surface area contributed by atoms with Crippen molar-refractivity contribution in [2.75, 3.05) is 11.9 Å². The van der Waals surface area contributed by atoms with Gasteiger partial charge in [0.2, 0.25) is 0 Å². The normalized spacial score (nSPS) is 10.3. The maximum absolute atomic E-state index is 5.55. The first kappa shape index (κ1) is 13.0. The summed E-state index contributed by atoms with van der Waals surface area (Å²) in [5.41, 5.74) is 1.13. The molecule has 2 nitrogen and oxygen atoms in total. The van der Waals surface area contributed by atoms with E-state index >= 15 is 0 Å². The Labute approximate surface area is 113 Å². The summed E-state index contributed by atoms with van der Waals surface area (Å²) in [6.45, 7) is 5.90. The number of anilines is 1. The zero-order chi connectivity index (χ0) is 12.8. The third-order valence-corrected chi connectivity index (χ3v) is 3.59. The van der Waals surface area contributed by atoms with E-state index in [1.807, 2.05) is 23.5 Å². The van der Waals surface area contributed by atoms with Gasteiger partial charge in [0.15, 0.2) is 0 Å². The molecule has 0 radical (unpaired) electrons. The molecule has 96 valence electrons. The van der Waals surface area contributed by atoms with E-state index in [9.17, 15) is 0 Å². The summed E-state index contributed by atoms with van der Waals surface area (Å²) in [5, 5.41) is 3.41. The van der Waals surface area contributed by atoms with Gasteiger partial charge in [-0.2, -0.15) is 0 Å². The minimum absolute atomic E-state index is 0.779. The maximum Gasteiger partial charge on any atom is 0.119 e. The van der Waals surface area contributed by atoms with Gasteiger partial charge in [-0.25, -0.2) is 0 Å². The molecule has 18 heavy (non-hydrogen) atoms. The molecular formula is C15H19NOS. The fourth-order valence-electron chi connectivity index (χ4n) is 1.66. The fourth-order valence-corrected chi connectivity index (χ4v) is 2.49. The van der Waals surface area contributed by atoms with E-state index in [0.29, 0.717) is 0 Å². The van der Waals surface area contributed by atoms with Crippen LogP contribution in [0, 0.1) is 6.92 Å². The van der Waals surface area contributed by atoms with Crippen molar-refractivity contribution in [2.24, 2.45) is 0 Å². The van der Waals surface area contributed by atoms with Crippen LogP contribution in [0.4, 0.5) is 5.69 Å². The van der Waals surface area contributed by atoms with E-state index < -0.39 is 0 Å². The molecular weight excluding hydrogens is 242 g/mol. The van der Waals surface area contributed by atoms with E-state index in [-0.39, 0.29) is 0 Å². The standard InChI is InChI=1S/C15H19NOS/c1-3-10-17-14-7-5-13(6-8-14)16-11-15-9-4-12(2)18-15/h4-9,16H,3,10-11H2,1-2H3. The van der Waals surface area contributed by atoms with Crippen LogP contribution in [0.5, 0.6) is 5.75 Å².